The van der Waals surface area contributed by atoms with E-state index in [-0.39, 0.29) is 19.0 Å². The van der Waals surface area contributed by atoms with Gasteiger partial charge >= 0.3 is 5.69 Å². The molecule has 6 heteroatoms. The first-order valence-electron chi connectivity index (χ1n) is 5.49. The quantitative estimate of drug-likeness (QED) is 0.625. The fourth-order valence-electron chi connectivity index (χ4n) is 2.05. The van der Waals surface area contributed by atoms with Crippen molar-refractivity contribution in [2.45, 2.75) is 6.04 Å². The first kappa shape index (κ1) is 12.5. The van der Waals surface area contributed by atoms with Crippen molar-refractivity contribution in [3.8, 4) is 0 Å². The molecule has 0 amide bonds. The van der Waals surface area contributed by atoms with Gasteiger partial charge in [-0.1, -0.05) is 18.7 Å². The number of nitrogens with zero attached hydrogens (tertiary/aromatic N) is 2. The van der Waals surface area contributed by atoms with Crippen molar-refractivity contribution >= 4 is 5.82 Å². The van der Waals surface area contributed by atoms with E-state index in [1.165, 1.54) is 16.8 Å². The second kappa shape index (κ2) is 4.40. The molecule has 0 saturated heterocycles. The maximum Gasteiger partial charge on any atom is 0.350 e. The summed E-state index contributed by atoms with van der Waals surface area (Å²) in [5, 5.41) is 18.7. The molecule has 4 N–H and O–H groups in total. The zero-order valence-electron chi connectivity index (χ0n) is 9.78. The van der Waals surface area contributed by atoms with Crippen LogP contribution >= 0.6 is 0 Å². The van der Waals surface area contributed by atoms with Gasteiger partial charge in [0.25, 0.3) is 0 Å². The number of aliphatic hydroxyl groups is 2. The van der Waals surface area contributed by atoms with Gasteiger partial charge in [0.1, 0.15) is 5.82 Å². The largest absolute Gasteiger partial charge is 0.395 e. The lowest BCUT2D eigenvalue weighted by Gasteiger charge is -2.27. The Labute approximate surface area is 104 Å². The van der Waals surface area contributed by atoms with Crippen LogP contribution in [0.25, 0.3) is 0 Å². The number of nitrogen functional groups attached to an aromatic ring is 1. The van der Waals surface area contributed by atoms with E-state index in [9.17, 15) is 15.0 Å². The molecule has 96 valence electrons. The number of aromatic nitrogens is 2. The highest BCUT2D eigenvalue weighted by Gasteiger charge is 2.38. The molecular formula is C12H15N3O3. The Kier molecular flexibility index (Phi) is 3.06. The number of aliphatic hydroxyl groups excluding tert-OH is 2. The number of hydrogen-bond donors (Lipinski definition) is 3. The minimum absolute atomic E-state index is 0.152. The van der Waals surface area contributed by atoms with Gasteiger partial charge in [-0.15, -0.1) is 0 Å². The monoisotopic (exact) mass is 249 g/mol. The van der Waals surface area contributed by atoms with Crippen molar-refractivity contribution in [3.63, 3.8) is 0 Å². The second-order valence-electron chi connectivity index (χ2n) is 4.34. The summed E-state index contributed by atoms with van der Waals surface area (Å²) < 4.78 is 1.36. The lowest BCUT2D eigenvalue weighted by Crippen LogP contribution is -2.32. The van der Waals surface area contributed by atoms with Crippen molar-refractivity contribution in [2.24, 2.45) is 5.41 Å². The molecule has 1 aromatic rings. The predicted octanol–water partition coefficient (Wildman–Crippen LogP) is -0.536. The Morgan fingerprint density at radius 2 is 2.17 bits per heavy atom. The molecule has 1 aromatic heterocycles. The predicted molar refractivity (Wildman–Crippen MR) is 66.8 cm³/mol. The van der Waals surface area contributed by atoms with Crippen LogP contribution in [0.1, 0.15) is 6.04 Å². The smallest absolute Gasteiger partial charge is 0.350 e. The molecule has 2 rings (SSSR count). The summed E-state index contributed by atoms with van der Waals surface area (Å²) in [5.41, 5.74) is 4.61. The maximum atomic E-state index is 11.7. The van der Waals surface area contributed by atoms with E-state index < -0.39 is 17.1 Å². The highest BCUT2D eigenvalue weighted by molar-refractivity contribution is 5.35. The topological polar surface area (TPSA) is 101 Å². The molecule has 0 aliphatic heterocycles. The molecule has 6 nitrogen and oxygen atoms in total. The van der Waals surface area contributed by atoms with Crippen LogP contribution in [0.3, 0.4) is 0 Å². The van der Waals surface area contributed by atoms with E-state index >= 15 is 0 Å². The summed E-state index contributed by atoms with van der Waals surface area (Å²) in [4.78, 5) is 15.4. The highest BCUT2D eigenvalue weighted by atomic mass is 16.3. The van der Waals surface area contributed by atoms with Crippen molar-refractivity contribution < 1.29 is 10.2 Å². The molecule has 1 heterocycles. The van der Waals surface area contributed by atoms with Gasteiger partial charge in [0, 0.05) is 6.20 Å². The van der Waals surface area contributed by atoms with Gasteiger partial charge in [-0.2, -0.15) is 4.98 Å². The Morgan fingerprint density at radius 3 is 2.67 bits per heavy atom. The van der Waals surface area contributed by atoms with Crippen LogP contribution in [0.15, 0.2) is 41.4 Å². The summed E-state index contributed by atoms with van der Waals surface area (Å²) in [5.74, 6) is 0.152. The van der Waals surface area contributed by atoms with Crippen LogP contribution in [0.2, 0.25) is 0 Å². The van der Waals surface area contributed by atoms with E-state index in [0.29, 0.717) is 5.57 Å². The molecular weight excluding hydrogens is 234 g/mol. The molecule has 0 aromatic carbocycles. The number of anilines is 1. The van der Waals surface area contributed by atoms with Crippen LogP contribution in [-0.4, -0.2) is 33.0 Å². The van der Waals surface area contributed by atoms with Crippen LogP contribution < -0.4 is 11.4 Å². The zero-order chi connectivity index (χ0) is 13.3. The van der Waals surface area contributed by atoms with Gasteiger partial charge in [-0.25, -0.2) is 4.79 Å². The minimum atomic E-state index is -0.883. The van der Waals surface area contributed by atoms with E-state index in [2.05, 4.69) is 11.6 Å². The van der Waals surface area contributed by atoms with E-state index in [4.69, 9.17) is 5.73 Å². The molecule has 0 spiro atoms. The Balaban J connectivity index is 2.41. The molecule has 1 aliphatic carbocycles. The van der Waals surface area contributed by atoms with Crippen molar-refractivity contribution in [1.82, 2.24) is 9.55 Å². The summed E-state index contributed by atoms with van der Waals surface area (Å²) in [7, 11) is 0. The lowest BCUT2D eigenvalue weighted by molar-refractivity contribution is 0.121. The fourth-order valence-corrected chi connectivity index (χ4v) is 2.05. The van der Waals surface area contributed by atoms with Gasteiger partial charge < -0.3 is 15.9 Å². The van der Waals surface area contributed by atoms with Crippen molar-refractivity contribution in [2.75, 3.05) is 18.9 Å². The first-order chi connectivity index (χ1) is 8.54. The number of rotatable bonds is 3. The van der Waals surface area contributed by atoms with Crippen LogP contribution in [-0.2, 0) is 0 Å². The number of nitrogens with two attached hydrogens (primary N) is 1. The van der Waals surface area contributed by atoms with Crippen LogP contribution in [0, 0.1) is 5.41 Å². The average molecular weight is 249 g/mol. The minimum Gasteiger partial charge on any atom is -0.395 e. The average Bonchev–Trinajstić information content (AvgIpc) is 2.68. The van der Waals surface area contributed by atoms with Gasteiger partial charge in [0.05, 0.1) is 24.7 Å². The molecule has 1 atom stereocenters. The first-order valence-corrected chi connectivity index (χ1v) is 5.49. The number of allylic oxidation sites excluding steroid dienone is 1. The summed E-state index contributed by atoms with van der Waals surface area (Å²) >= 11 is 0. The third-order valence-corrected chi connectivity index (χ3v) is 3.31. The van der Waals surface area contributed by atoms with Crippen LogP contribution in [0.5, 0.6) is 0 Å². The highest BCUT2D eigenvalue weighted by Crippen LogP contribution is 2.41. The van der Waals surface area contributed by atoms with Gasteiger partial charge in [0.2, 0.25) is 0 Å². The SMILES string of the molecule is C=C1C(n2ccc(N)nc2=O)C=CC1(CO)CO. The molecule has 0 bridgehead atoms. The van der Waals surface area contributed by atoms with Crippen molar-refractivity contribution in [1.29, 1.82) is 0 Å². The Hall–Kier alpha value is -1.92. The molecule has 0 radical (unpaired) electrons. The summed E-state index contributed by atoms with van der Waals surface area (Å²) in [6, 6.07) is 1.09. The number of hydrogen-bond acceptors (Lipinski definition) is 5. The fraction of sp³-hybridized carbons (Fsp3) is 0.333. The second-order valence-corrected chi connectivity index (χ2v) is 4.34. The normalized spacial score (nSPS) is 21.4. The zero-order valence-corrected chi connectivity index (χ0v) is 9.78. The van der Waals surface area contributed by atoms with Gasteiger partial charge in [-0.3, -0.25) is 4.57 Å². The summed E-state index contributed by atoms with van der Waals surface area (Å²) in [6.45, 7) is 3.35. The summed E-state index contributed by atoms with van der Waals surface area (Å²) in [6.07, 6.45) is 4.91. The lowest BCUT2D eigenvalue weighted by atomic mass is 9.84. The van der Waals surface area contributed by atoms with E-state index in [0.717, 1.165) is 0 Å². The Bertz CT molecular complexity index is 558. The van der Waals surface area contributed by atoms with E-state index in [1.807, 2.05) is 0 Å². The third-order valence-electron chi connectivity index (χ3n) is 3.31. The molecule has 1 unspecified atom stereocenters. The van der Waals surface area contributed by atoms with Crippen LogP contribution in [0.4, 0.5) is 5.82 Å². The molecule has 0 fully saturated rings. The van der Waals surface area contributed by atoms with Gasteiger partial charge in [-0.05, 0) is 11.6 Å². The standard InChI is InChI=1S/C12H15N3O3/c1-8-9(2-4-12(8,6-16)7-17)15-5-3-10(13)14-11(15)18/h2-5,9,16-17H,1,6-7H2,(H2,13,14,18). The van der Waals surface area contributed by atoms with Crippen molar-refractivity contribution in [3.05, 3.63) is 47.1 Å². The molecule has 0 saturated carbocycles. The molecule has 18 heavy (non-hydrogen) atoms. The maximum absolute atomic E-state index is 11.7. The third kappa shape index (κ3) is 1.75. The van der Waals surface area contributed by atoms with Gasteiger partial charge in [0.15, 0.2) is 0 Å². The Morgan fingerprint density at radius 1 is 1.50 bits per heavy atom. The molecule has 1 aliphatic rings. The van der Waals surface area contributed by atoms with E-state index in [1.54, 1.807) is 12.2 Å².